The van der Waals surface area contributed by atoms with Crippen LogP contribution in [0.1, 0.15) is 31.0 Å². The first-order valence-corrected chi connectivity index (χ1v) is 7.75. The molecule has 0 fully saturated rings. The van der Waals surface area contributed by atoms with Crippen LogP contribution >= 0.6 is 11.3 Å². The standard InChI is InChI=1S/C15H20N2O2S/c1-2-3-8-19-14-6-4-12(5-7-14)9-16-10-13-11-20-15(18)17-13/h4-7,11,16H,2-3,8-10H2,1H3,(H,17,18). The van der Waals surface area contributed by atoms with Gasteiger partial charge in [0.25, 0.3) is 0 Å². The second-order valence-corrected chi connectivity index (χ2v) is 5.47. The third kappa shape index (κ3) is 4.83. The fraction of sp³-hybridized carbons (Fsp3) is 0.400. The fourth-order valence-corrected chi connectivity index (χ4v) is 2.36. The molecule has 0 atom stereocenters. The fourth-order valence-electron chi connectivity index (χ4n) is 1.78. The molecule has 2 N–H and O–H groups in total. The summed E-state index contributed by atoms with van der Waals surface area (Å²) in [6.45, 7) is 4.37. The Morgan fingerprint density at radius 2 is 2.05 bits per heavy atom. The Morgan fingerprint density at radius 3 is 2.70 bits per heavy atom. The second-order valence-electron chi connectivity index (χ2n) is 4.62. The largest absolute Gasteiger partial charge is 0.494 e. The number of aromatic nitrogens is 1. The van der Waals surface area contributed by atoms with Crippen molar-refractivity contribution in [2.45, 2.75) is 32.9 Å². The summed E-state index contributed by atoms with van der Waals surface area (Å²) >= 11 is 1.19. The van der Waals surface area contributed by atoms with E-state index < -0.39 is 0 Å². The molecule has 2 rings (SSSR count). The minimum atomic E-state index is -0.00428. The normalized spacial score (nSPS) is 10.7. The summed E-state index contributed by atoms with van der Waals surface area (Å²) in [6.07, 6.45) is 2.23. The van der Waals surface area contributed by atoms with E-state index in [1.54, 1.807) is 0 Å². The van der Waals surface area contributed by atoms with E-state index >= 15 is 0 Å². The van der Waals surface area contributed by atoms with E-state index in [-0.39, 0.29) is 4.87 Å². The van der Waals surface area contributed by atoms with Crippen LogP contribution in [-0.4, -0.2) is 11.6 Å². The van der Waals surface area contributed by atoms with Crippen molar-refractivity contribution < 1.29 is 4.74 Å². The molecule has 4 nitrogen and oxygen atoms in total. The van der Waals surface area contributed by atoms with Crippen molar-refractivity contribution in [1.82, 2.24) is 10.3 Å². The Morgan fingerprint density at radius 1 is 1.25 bits per heavy atom. The summed E-state index contributed by atoms with van der Waals surface area (Å²) < 4.78 is 5.62. The maximum Gasteiger partial charge on any atom is 0.304 e. The molecule has 1 aromatic carbocycles. The van der Waals surface area contributed by atoms with Gasteiger partial charge in [-0.3, -0.25) is 4.79 Å². The van der Waals surface area contributed by atoms with Gasteiger partial charge in [-0.15, -0.1) is 0 Å². The molecule has 0 saturated heterocycles. The van der Waals surface area contributed by atoms with Crippen molar-refractivity contribution in [1.29, 1.82) is 0 Å². The molecule has 0 aliphatic carbocycles. The molecule has 0 amide bonds. The molecule has 5 heteroatoms. The quantitative estimate of drug-likeness (QED) is 0.736. The summed E-state index contributed by atoms with van der Waals surface area (Å²) in [5.74, 6) is 0.921. The molecule has 0 spiro atoms. The maximum absolute atomic E-state index is 11.0. The van der Waals surface area contributed by atoms with Crippen LogP contribution < -0.4 is 14.9 Å². The van der Waals surface area contributed by atoms with Crippen LogP contribution in [0, 0.1) is 0 Å². The number of hydrogen-bond donors (Lipinski definition) is 2. The van der Waals surface area contributed by atoms with Crippen LogP contribution in [0.2, 0.25) is 0 Å². The molecule has 0 aliphatic rings. The smallest absolute Gasteiger partial charge is 0.304 e. The summed E-state index contributed by atoms with van der Waals surface area (Å²) in [5, 5.41) is 5.15. The van der Waals surface area contributed by atoms with Gasteiger partial charge in [0, 0.05) is 24.2 Å². The third-order valence-electron chi connectivity index (χ3n) is 2.91. The predicted octanol–water partition coefficient (Wildman–Crippen LogP) is 2.91. The van der Waals surface area contributed by atoms with Gasteiger partial charge in [-0.25, -0.2) is 0 Å². The molecular formula is C15H20N2O2S. The highest BCUT2D eigenvalue weighted by Gasteiger charge is 1.98. The van der Waals surface area contributed by atoms with Crippen molar-refractivity contribution in [3.63, 3.8) is 0 Å². The number of rotatable bonds is 8. The average Bonchev–Trinajstić information content (AvgIpc) is 2.87. The summed E-state index contributed by atoms with van der Waals surface area (Å²) in [5.41, 5.74) is 2.13. The number of ether oxygens (including phenoxy) is 1. The van der Waals surface area contributed by atoms with Crippen molar-refractivity contribution in [3.05, 3.63) is 50.6 Å². The summed E-state index contributed by atoms with van der Waals surface area (Å²) in [6, 6.07) is 8.12. The number of nitrogens with one attached hydrogen (secondary N) is 2. The van der Waals surface area contributed by atoms with Crippen LogP contribution in [0.25, 0.3) is 0 Å². The second kappa shape index (κ2) is 7.87. The van der Waals surface area contributed by atoms with Gasteiger partial charge in [-0.05, 0) is 24.1 Å². The van der Waals surface area contributed by atoms with E-state index in [0.717, 1.165) is 37.4 Å². The number of unbranched alkanes of at least 4 members (excludes halogenated alkanes) is 1. The molecule has 0 bridgehead atoms. The van der Waals surface area contributed by atoms with E-state index in [4.69, 9.17) is 4.74 Å². The van der Waals surface area contributed by atoms with Gasteiger partial charge in [-0.2, -0.15) is 0 Å². The minimum Gasteiger partial charge on any atom is -0.494 e. The Kier molecular flexibility index (Phi) is 5.83. The van der Waals surface area contributed by atoms with Crippen LogP contribution in [0.3, 0.4) is 0 Å². The molecule has 108 valence electrons. The van der Waals surface area contributed by atoms with Crippen LogP contribution in [0.5, 0.6) is 5.75 Å². The lowest BCUT2D eigenvalue weighted by Crippen LogP contribution is -2.13. The van der Waals surface area contributed by atoms with Gasteiger partial charge >= 0.3 is 4.87 Å². The van der Waals surface area contributed by atoms with Crippen LogP contribution in [0.4, 0.5) is 0 Å². The number of hydrogen-bond acceptors (Lipinski definition) is 4. The maximum atomic E-state index is 11.0. The van der Waals surface area contributed by atoms with E-state index in [2.05, 4.69) is 29.4 Å². The first-order chi connectivity index (χ1) is 9.78. The number of aromatic amines is 1. The zero-order valence-electron chi connectivity index (χ0n) is 11.6. The first-order valence-electron chi connectivity index (χ1n) is 6.87. The molecule has 0 unspecified atom stereocenters. The third-order valence-corrected chi connectivity index (χ3v) is 3.62. The molecule has 20 heavy (non-hydrogen) atoms. The molecule has 0 saturated carbocycles. The Labute approximate surface area is 122 Å². The molecular weight excluding hydrogens is 272 g/mol. The van der Waals surface area contributed by atoms with Gasteiger partial charge in [-0.1, -0.05) is 36.8 Å². The highest BCUT2D eigenvalue weighted by molar-refractivity contribution is 7.07. The average molecular weight is 292 g/mol. The highest BCUT2D eigenvalue weighted by atomic mass is 32.1. The number of benzene rings is 1. The van der Waals surface area contributed by atoms with Crippen LogP contribution in [0.15, 0.2) is 34.4 Å². The predicted molar refractivity (Wildman–Crippen MR) is 82.3 cm³/mol. The van der Waals surface area contributed by atoms with Crippen LogP contribution in [-0.2, 0) is 13.1 Å². The van der Waals surface area contributed by atoms with Crippen molar-refractivity contribution in [3.8, 4) is 5.75 Å². The minimum absolute atomic E-state index is 0.00428. The Bertz CT molecular complexity index is 560. The van der Waals surface area contributed by atoms with E-state index in [1.807, 2.05) is 17.5 Å². The van der Waals surface area contributed by atoms with Crippen molar-refractivity contribution >= 4 is 11.3 Å². The molecule has 2 aromatic rings. The molecule has 1 heterocycles. The SMILES string of the molecule is CCCCOc1ccc(CNCc2csc(=O)[nH]2)cc1. The molecule has 0 radical (unpaired) electrons. The Hall–Kier alpha value is -1.59. The monoisotopic (exact) mass is 292 g/mol. The molecule has 1 aromatic heterocycles. The van der Waals surface area contributed by atoms with Gasteiger partial charge in [0.2, 0.25) is 0 Å². The van der Waals surface area contributed by atoms with Gasteiger partial charge in [0.05, 0.1) is 6.61 Å². The van der Waals surface area contributed by atoms with Gasteiger partial charge in [0.1, 0.15) is 5.75 Å². The highest BCUT2D eigenvalue weighted by Crippen LogP contribution is 2.12. The first kappa shape index (κ1) is 14.8. The number of H-pyrrole nitrogens is 1. The van der Waals surface area contributed by atoms with Gasteiger partial charge < -0.3 is 15.0 Å². The lowest BCUT2D eigenvalue weighted by atomic mass is 10.2. The number of thiazole rings is 1. The van der Waals surface area contributed by atoms with Gasteiger partial charge in [0.15, 0.2) is 0 Å². The topological polar surface area (TPSA) is 54.1 Å². The molecule has 0 aliphatic heterocycles. The summed E-state index contributed by atoms with van der Waals surface area (Å²) in [4.78, 5) is 13.8. The van der Waals surface area contributed by atoms with E-state index in [9.17, 15) is 4.79 Å². The lowest BCUT2D eigenvalue weighted by Gasteiger charge is -2.07. The summed E-state index contributed by atoms with van der Waals surface area (Å²) in [7, 11) is 0. The Balaban J connectivity index is 1.74. The van der Waals surface area contributed by atoms with E-state index in [1.165, 1.54) is 16.9 Å². The zero-order valence-corrected chi connectivity index (χ0v) is 12.5. The van der Waals surface area contributed by atoms with Crippen molar-refractivity contribution in [2.75, 3.05) is 6.61 Å². The van der Waals surface area contributed by atoms with E-state index in [0.29, 0.717) is 6.54 Å². The van der Waals surface area contributed by atoms with Crippen molar-refractivity contribution in [2.24, 2.45) is 0 Å². The lowest BCUT2D eigenvalue weighted by molar-refractivity contribution is 0.309. The zero-order chi connectivity index (χ0) is 14.2.